The van der Waals surface area contributed by atoms with Crippen molar-refractivity contribution in [1.82, 2.24) is 19.9 Å². The number of anilines is 1. The van der Waals surface area contributed by atoms with Crippen molar-refractivity contribution in [3.63, 3.8) is 0 Å². The van der Waals surface area contributed by atoms with E-state index < -0.39 is 0 Å². The van der Waals surface area contributed by atoms with Crippen LogP contribution in [0.2, 0.25) is 0 Å². The summed E-state index contributed by atoms with van der Waals surface area (Å²) in [5.74, 6) is 0.849. The lowest BCUT2D eigenvalue weighted by Crippen LogP contribution is -2.38. The molecule has 0 radical (unpaired) electrons. The number of pyridine rings is 1. The van der Waals surface area contributed by atoms with Gasteiger partial charge in [0.15, 0.2) is 5.65 Å². The first-order valence-electron chi connectivity index (χ1n) is 7.16. The third kappa shape index (κ3) is 2.71. The molecule has 0 saturated carbocycles. The molecule has 5 heteroatoms. The molecule has 0 spiro atoms. The van der Waals surface area contributed by atoms with E-state index in [2.05, 4.69) is 27.2 Å². The number of nitrogens with zero attached hydrogens (tertiary/aromatic N) is 4. The lowest BCUT2D eigenvalue weighted by Gasteiger charge is -2.23. The Kier molecular flexibility index (Phi) is 3.64. The lowest BCUT2D eigenvalue weighted by atomic mass is 10.2. The van der Waals surface area contributed by atoms with Crippen LogP contribution in [0, 0.1) is 0 Å². The zero-order valence-corrected chi connectivity index (χ0v) is 11.4. The van der Waals surface area contributed by atoms with Crippen molar-refractivity contribution in [2.45, 2.75) is 32.2 Å². The Balaban J connectivity index is 1.81. The van der Waals surface area contributed by atoms with Crippen molar-refractivity contribution in [3.05, 3.63) is 24.4 Å². The quantitative estimate of drug-likeness (QED) is 0.887. The summed E-state index contributed by atoms with van der Waals surface area (Å²) in [7, 11) is 0. The first kappa shape index (κ1) is 12.4. The summed E-state index contributed by atoms with van der Waals surface area (Å²) in [6, 6.07) is 6.55. The fourth-order valence-electron chi connectivity index (χ4n) is 2.68. The monoisotopic (exact) mass is 259 g/mol. The molecule has 0 amide bonds. The maximum absolute atomic E-state index is 4.62. The molecular weight excluding hydrogens is 238 g/mol. The third-order valence-electron chi connectivity index (χ3n) is 3.61. The van der Waals surface area contributed by atoms with Crippen LogP contribution in [0.4, 0.5) is 5.95 Å². The zero-order chi connectivity index (χ0) is 13.1. The predicted molar refractivity (Wildman–Crippen MR) is 76.5 cm³/mol. The summed E-state index contributed by atoms with van der Waals surface area (Å²) in [5.41, 5.74) is 0.915. The molecule has 0 bridgehead atoms. The van der Waals surface area contributed by atoms with Gasteiger partial charge in [0.2, 0.25) is 5.95 Å². The van der Waals surface area contributed by atoms with E-state index in [0.717, 1.165) is 37.7 Å². The molecule has 1 aliphatic heterocycles. The Bertz CT molecular complexity index is 496. The predicted octanol–water partition coefficient (Wildman–Crippen LogP) is 1.70. The van der Waals surface area contributed by atoms with Crippen molar-refractivity contribution in [2.75, 3.05) is 24.5 Å². The topological polar surface area (TPSA) is 45.5 Å². The van der Waals surface area contributed by atoms with Gasteiger partial charge >= 0.3 is 0 Å². The first-order valence-corrected chi connectivity index (χ1v) is 7.16. The van der Waals surface area contributed by atoms with Gasteiger partial charge in [0.1, 0.15) is 0 Å². The summed E-state index contributed by atoms with van der Waals surface area (Å²) in [6.45, 7) is 5.36. The van der Waals surface area contributed by atoms with Crippen LogP contribution in [-0.2, 0) is 0 Å². The molecule has 1 aliphatic rings. The third-order valence-corrected chi connectivity index (χ3v) is 3.61. The molecule has 2 aromatic heterocycles. The molecule has 0 aromatic carbocycles. The molecule has 19 heavy (non-hydrogen) atoms. The van der Waals surface area contributed by atoms with Gasteiger partial charge in [0.05, 0.1) is 0 Å². The lowest BCUT2D eigenvalue weighted by molar-refractivity contribution is 0.571. The molecule has 102 valence electrons. The first-order chi connectivity index (χ1) is 9.36. The van der Waals surface area contributed by atoms with Crippen LogP contribution in [0.1, 0.15) is 26.2 Å². The van der Waals surface area contributed by atoms with Gasteiger partial charge in [0, 0.05) is 25.3 Å². The van der Waals surface area contributed by atoms with Gasteiger partial charge in [-0.2, -0.15) is 4.98 Å². The largest absolute Gasteiger partial charge is 0.338 e. The minimum Gasteiger partial charge on any atom is -0.338 e. The molecular formula is C14H21N5. The molecule has 1 unspecified atom stereocenters. The molecule has 5 nitrogen and oxygen atoms in total. The number of nitrogens with one attached hydrogen (secondary N) is 1. The Morgan fingerprint density at radius 1 is 1.47 bits per heavy atom. The van der Waals surface area contributed by atoms with E-state index in [1.54, 1.807) is 0 Å². The van der Waals surface area contributed by atoms with Crippen molar-refractivity contribution in [1.29, 1.82) is 0 Å². The second-order valence-corrected chi connectivity index (χ2v) is 5.15. The molecule has 0 aliphatic carbocycles. The second kappa shape index (κ2) is 5.57. The number of aromatic nitrogens is 3. The van der Waals surface area contributed by atoms with Gasteiger partial charge < -0.3 is 10.2 Å². The van der Waals surface area contributed by atoms with E-state index in [-0.39, 0.29) is 0 Å². The van der Waals surface area contributed by atoms with Crippen LogP contribution < -0.4 is 10.2 Å². The van der Waals surface area contributed by atoms with Crippen LogP contribution in [0.5, 0.6) is 0 Å². The molecule has 3 heterocycles. The minimum absolute atomic E-state index is 0.582. The maximum Gasteiger partial charge on any atom is 0.245 e. The van der Waals surface area contributed by atoms with E-state index in [0.29, 0.717) is 6.04 Å². The van der Waals surface area contributed by atoms with Gasteiger partial charge in [-0.25, -0.2) is 4.52 Å². The van der Waals surface area contributed by atoms with Gasteiger partial charge in [-0.05, 0) is 37.9 Å². The zero-order valence-electron chi connectivity index (χ0n) is 11.4. The van der Waals surface area contributed by atoms with Crippen molar-refractivity contribution < 1.29 is 0 Å². The van der Waals surface area contributed by atoms with Crippen LogP contribution >= 0.6 is 0 Å². The summed E-state index contributed by atoms with van der Waals surface area (Å²) in [5, 5.41) is 8.12. The Morgan fingerprint density at radius 2 is 2.42 bits per heavy atom. The number of rotatable bonds is 5. The second-order valence-electron chi connectivity index (χ2n) is 5.15. The highest BCUT2D eigenvalue weighted by Gasteiger charge is 2.20. The molecule has 1 N–H and O–H groups in total. The highest BCUT2D eigenvalue weighted by Crippen LogP contribution is 2.14. The molecule has 1 saturated heterocycles. The average Bonchev–Trinajstić information content (AvgIpc) is 3.06. The molecule has 1 atom stereocenters. The van der Waals surface area contributed by atoms with E-state index in [9.17, 15) is 0 Å². The number of fused-ring (bicyclic) bond motifs is 1. The highest BCUT2D eigenvalue weighted by atomic mass is 15.4. The average molecular weight is 259 g/mol. The van der Waals surface area contributed by atoms with Crippen molar-refractivity contribution >= 4 is 11.6 Å². The van der Waals surface area contributed by atoms with E-state index in [1.807, 2.05) is 28.9 Å². The number of hydrogen-bond donors (Lipinski definition) is 1. The maximum atomic E-state index is 4.62. The van der Waals surface area contributed by atoms with E-state index >= 15 is 0 Å². The Labute approximate surface area is 113 Å². The standard InChI is InChI=1S/C14H21N5/c1-2-9-18(11-12-6-5-8-15-12)14-16-13-7-3-4-10-19(13)17-14/h3-4,7,10,12,15H,2,5-6,8-9,11H2,1H3. The molecule has 1 fully saturated rings. The van der Waals surface area contributed by atoms with Crippen LogP contribution in [0.25, 0.3) is 5.65 Å². The summed E-state index contributed by atoms with van der Waals surface area (Å²) in [4.78, 5) is 6.93. The number of hydrogen-bond acceptors (Lipinski definition) is 4. The summed E-state index contributed by atoms with van der Waals surface area (Å²) < 4.78 is 1.85. The van der Waals surface area contributed by atoms with Crippen LogP contribution in [-0.4, -0.2) is 40.3 Å². The van der Waals surface area contributed by atoms with E-state index in [4.69, 9.17) is 0 Å². The smallest absolute Gasteiger partial charge is 0.245 e. The van der Waals surface area contributed by atoms with Crippen molar-refractivity contribution in [3.8, 4) is 0 Å². The Hall–Kier alpha value is -1.62. The minimum atomic E-state index is 0.582. The fraction of sp³-hybridized carbons (Fsp3) is 0.571. The van der Waals surface area contributed by atoms with Gasteiger partial charge in [0.25, 0.3) is 0 Å². The fourth-order valence-corrected chi connectivity index (χ4v) is 2.68. The van der Waals surface area contributed by atoms with E-state index in [1.165, 1.54) is 12.8 Å². The van der Waals surface area contributed by atoms with Crippen LogP contribution in [0.15, 0.2) is 24.4 Å². The van der Waals surface area contributed by atoms with Gasteiger partial charge in [-0.15, -0.1) is 5.10 Å². The Morgan fingerprint density at radius 3 is 3.16 bits per heavy atom. The van der Waals surface area contributed by atoms with Gasteiger partial charge in [-0.1, -0.05) is 13.0 Å². The normalized spacial score (nSPS) is 19.1. The summed E-state index contributed by atoms with van der Waals surface area (Å²) >= 11 is 0. The molecule has 3 rings (SSSR count). The highest BCUT2D eigenvalue weighted by molar-refractivity contribution is 5.44. The molecule has 2 aromatic rings. The van der Waals surface area contributed by atoms with Crippen molar-refractivity contribution in [2.24, 2.45) is 0 Å². The SMILES string of the molecule is CCCN(CC1CCCN1)c1nc2ccccn2n1. The van der Waals surface area contributed by atoms with Gasteiger partial charge in [-0.3, -0.25) is 0 Å². The van der Waals surface area contributed by atoms with Crippen LogP contribution in [0.3, 0.4) is 0 Å². The summed E-state index contributed by atoms with van der Waals surface area (Å²) in [6.07, 6.45) is 5.60.